The van der Waals surface area contributed by atoms with E-state index >= 15 is 0 Å². The van der Waals surface area contributed by atoms with Gasteiger partial charge < -0.3 is 0 Å². The Morgan fingerprint density at radius 1 is 1.38 bits per heavy atom. The number of rotatable bonds is 1. The summed E-state index contributed by atoms with van der Waals surface area (Å²) in [5, 5.41) is 2.91. The molecule has 0 spiro atoms. The Bertz CT molecular complexity index is 597. The van der Waals surface area contributed by atoms with Gasteiger partial charge in [-0.2, -0.15) is 11.8 Å². The fourth-order valence-corrected chi connectivity index (χ4v) is 3.14. The van der Waals surface area contributed by atoms with Gasteiger partial charge in [-0.15, -0.1) is 0 Å². The van der Waals surface area contributed by atoms with E-state index in [1.54, 1.807) is 11.8 Å². The number of hydrogen-bond donors (Lipinski definition) is 1. The molecule has 1 aliphatic rings. The van der Waals surface area contributed by atoms with E-state index in [0.29, 0.717) is 0 Å². The van der Waals surface area contributed by atoms with E-state index in [1.807, 2.05) is 16.8 Å². The minimum atomic E-state index is 0.0570. The number of benzene rings is 1. The van der Waals surface area contributed by atoms with Gasteiger partial charge in [0.05, 0.1) is 16.9 Å². The van der Waals surface area contributed by atoms with Crippen molar-refractivity contribution in [2.75, 3.05) is 0 Å². The zero-order valence-corrected chi connectivity index (χ0v) is 9.80. The van der Waals surface area contributed by atoms with Crippen molar-refractivity contribution < 1.29 is 0 Å². The highest BCUT2D eigenvalue weighted by Crippen LogP contribution is 2.28. The van der Waals surface area contributed by atoms with Crippen LogP contribution in [0.1, 0.15) is 16.8 Å². The lowest BCUT2D eigenvalue weighted by Crippen LogP contribution is -2.07. The molecule has 0 bridgehead atoms. The smallest absolute Gasteiger partial charge is 0.268 e. The van der Waals surface area contributed by atoms with Crippen LogP contribution < -0.4 is 5.56 Å². The number of aromatic nitrogens is 2. The highest BCUT2D eigenvalue weighted by atomic mass is 32.2. The fourth-order valence-electron chi connectivity index (χ4n) is 2.04. The van der Waals surface area contributed by atoms with Gasteiger partial charge in [0.2, 0.25) is 0 Å². The summed E-state index contributed by atoms with van der Waals surface area (Å²) in [5.41, 5.74) is 4.36. The van der Waals surface area contributed by atoms with Crippen molar-refractivity contribution in [1.82, 2.24) is 9.78 Å². The molecule has 1 aromatic heterocycles. The molecule has 1 aromatic carbocycles. The summed E-state index contributed by atoms with van der Waals surface area (Å²) in [6.45, 7) is 2.06. The Balaban J connectivity index is 2.21. The predicted molar refractivity (Wildman–Crippen MR) is 66.1 cm³/mol. The molecule has 0 amide bonds. The van der Waals surface area contributed by atoms with Gasteiger partial charge in [0.1, 0.15) is 0 Å². The molecule has 0 saturated carbocycles. The average Bonchev–Trinajstić information content (AvgIpc) is 2.83. The zero-order chi connectivity index (χ0) is 11.1. The van der Waals surface area contributed by atoms with Crippen LogP contribution in [0.15, 0.2) is 29.1 Å². The monoisotopic (exact) mass is 232 g/mol. The lowest BCUT2D eigenvalue weighted by Gasteiger charge is -2.06. The van der Waals surface area contributed by atoms with Crippen LogP contribution in [-0.2, 0) is 11.5 Å². The van der Waals surface area contributed by atoms with E-state index in [0.717, 1.165) is 28.5 Å². The first-order valence-corrected chi connectivity index (χ1v) is 6.39. The summed E-state index contributed by atoms with van der Waals surface area (Å²) in [6.07, 6.45) is 0. The molecule has 16 heavy (non-hydrogen) atoms. The summed E-state index contributed by atoms with van der Waals surface area (Å²) >= 11 is 1.80. The number of thioether (sulfide) groups is 1. The molecule has 0 saturated heterocycles. The number of aryl methyl sites for hydroxylation is 1. The van der Waals surface area contributed by atoms with Gasteiger partial charge >= 0.3 is 0 Å². The first-order chi connectivity index (χ1) is 7.75. The molecule has 82 valence electrons. The molecule has 2 aromatic rings. The molecule has 1 N–H and O–H groups in total. The van der Waals surface area contributed by atoms with Crippen LogP contribution in [0, 0.1) is 6.92 Å². The van der Waals surface area contributed by atoms with E-state index in [2.05, 4.69) is 24.2 Å². The second-order valence-corrected chi connectivity index (χ2v) is 5.02. The first-order valence-electron chi connectivity index (χ1n) is 5.23. The van der Waals surface area contributed by atoms with Crippen molar-refractivity contribution in [2.45, 2.75) is 18.4 Å². The third-order valence-corrected chi connectivity index (χ3v) is 3.82. The summed E-state index contributed by atoms with van der Waals surface area (Å²) in [5.74, 6) is 1.76. The molecule has 3 nitrogen and oxygen atoms in total. The van der Waals surface area contributed by atoms with Crippen molar-refractivity contribution in [1.29, 1.82) is 0 Å². The van der Waals surface area contributed by atoms with E-state index in [1.165, 1.54) is 5.56 Å². The van der Waals surface area contributed by atoms with Crippen LogP contribution in [0.3, 0.4) is 0 Å². The van der Waals surface area contributed by atoms with Gasteiger partial charge in [-0.05, 0) is 24.6 Å². The minimum absolute atomic E-state index is 0.0570. The Morgan fingerprint density at radius 2 is 2.25 bits per heavy atom. The van der Waals surface area contributed by atoms with Gasteiger partial charge in [-0.3, -0.25) is 14.6 Å². The molecule has 0 radical (unpaired) electrons. The lowest BCUT2D eigenvalue weighted by atomic mass is 10.2. The molecule has 1 aliphatic heterocycles. The molecular weight excluding hydrogens is 220 g/mol. The van der Waals surface area contributed by atoms with Crippen LogP contribution in [-0.4, -0.2) is 9.78 Å². The van der Waals surface area contributed by atoms with Crippen molar-refractivity contribution in [3.8, 4) is 5.69 Å². The number of hydrogen-bond acceptors (Lipinski definition) is 2. The number of nitrogens with one attached hydrogen (secondary N) is 1. The maximum absolute atomic E-state index is 11.7. The van der Waals surface area contributed by atoms with Crippen molar-refractivity contribution >= 4 is 11.8 Å². The lowest BCUT2D eigenvalue weighted by molar-refractivity contribution is 0.829. The predicted octanol–water partition coefficient (Wildman–Crippen LogP) is 2.22. The Hall–Kier alpha value is -1.42. The van der Waals surface area contributed by atoms with Crippen LogP contribution in [0.4, 0.5) is 0 Å². The highest BCUT2D eigenvalue weighted by Gasteiger charge is 2.20. The van der Waals surface area contributed by atoms with Gasteiger partial charge in [0, 0.05) is 11.5 Å². The quantitative estimate of drug-likeness (QED) is 0.818. The van der Waals surface area contributed by atoms with E-state index < -0.39 is 0 Å². The standard InChI is InChI=1S/C12H12N2OS/c1-8-3-2-4-9(5-8)14-11-7-16-6-10(11)12(15)13-14/h2-5H,6-7H2,1H3,(H,13,15). The normalized spacial score (nSPS) is 14.1. The second kappa shape index (κ2) is 3.56. The number of nitrogens with zero attached hydrogens (tertiary/aromatic N) is 1. The Kier molecular flexibility index (Phi) is 2.17. The number of fused-ring (bicyclic) bond motifs is 1. The third-order valence-electron chi connectivity index (χ3n) is 2.85. The van der Waals surface area contributed by atoms with Crippen molar-refractivity contribution in [3.63, 3.8) is 0 Å². The van der Waals surface area contributed by atoms with Gasteiger partial charge in [0.25, 0.3) is 5.56 Å². The Morgan fingerprint density at radius 3 is 3.06 bits per heavy atom. The van der Waals surface area contributed by atoms with Crippen molar-refractivity contribution in [2.24, 2.45) is 0 Å². The van der Waals surface area contributed by atoms with Gasteiger partial charge in [-0.25, -0.2) is 0 Å². The minimum Gasteiger partial charge on any atom is -0.268 e. The number of aromatic amines is 1. The molecule has 2 heterocycles. The largest absolute Gasteiger partial charge is 0.268 e. The maximum Gasteiger partial charge on any atom is 0.268 e. The van der Waals surface area contributed by atoms with Crippen LogP contribution in [0.25, 0.3) is 5.69 Å². The zero-order valence-electron chi connectivity index (χ0n) is 8.99. The first kappa shape index (κ1) is 9.78. The van der Waals surface area contributed by atoms with Crippen molar-refractivity contribution in [3.05, 3.63) is 51.4 Å². The van der Waals surface area contributed by atoms with Crippen LogP contribution in [0.2, 0.25) is 0 Å². The molecule has 0 unspecified atom stereocenters. The number of H-pyrrole nitrogens is 1. The molecule has 3 rings (SSSR count). The highest BCUT2D eigenvalue weighted by molar-refractivity contribution is 7.98. The fraction of sp³-hybridized carbons (Fsp3) is 0.250. The van der Waals surface area contributed by atoms with Crippen LogP contribution >= 0.6 is 11.8 Å². The van der Waals surface area contributed by atoms with Gasteiger partial charge in [0.15, 0.2) is 0 Å². The summed E-state index contributed by atoms with van der Waals surface area (Å²) < 4.78 is 1.92. The van der Waals surface area contributed by atoms with Gasteiger partial charge in [-0.1, -0.05) is 12.1 Å². The SMILES string of the molecule is Cc1cccc(-n2[nH]c(=O)c3c2CSC3)c1. The van der Waals surface area contributed by atoms with E-state index in [-0.39, 0.29) is 5.56 Å². The van der Waals surface area contributed by atoms with E-state index in [4.69, 9.17) is 0 Å². The summed E-state index contributed by atoms with van der Waals surface area (Å²) in [7, 11) is 0. The average molecular weight is 232 g/mol. The molecule has 0 aliphatic carbocycles. The molecule has 4 heteroatoms. The molecular formula is C12H12N2OS. The summed E-state index contributed by atoms with van der Waals surface area (Å²) in [4.78, 5) is 11.7. The van der Waals surface area contributed by atoms with E-state index in [9.17, 15) is 4.79 Å². The molecule has 0 atom stereocenters. The molecule has 0 fully saturated rings. The second-order valence-electron chi connectivity index (χ2n) is 4.03. The Labute approximate surface area is 97.5 Å². The maximum atomic E-state index is 11.7. The third kappa shape index (κ3) is 1.41. The van der Waals surface area contributed by atoms with Crippen LogP contribution in [0.5, 0.6) is 0 Å². The summed E-state index contributed by atoms with van der Waals surface area (Å²) in [6, 6.07) is 8.17. The topological polar surface area (TPSA) is 37.8 Å².